The Kier molecular flexibility index (Phi) is 25.4. The molecule has 3 aliphatic carbocycles. The number of anilines is 3. The fraction of sp³-hybridized carbons (Fsp3) is 0.598. The molecule has 6 aromatic rings. The summed E-state index contributed by atoms with van der Waals surface area (Å²) >= 11 is 3.28. The lowest BCUT2D eigenvalue weighted by Gasteiger charge is -2.42. The molecule has 8 heterocycles. The van der Waals surface area contributed by atoms with Gasteiger partial charge in [-0.25, -0.2) is 15.0 Å². The third-order valence-corrected chi connectivity index (χ3v) is 24.9. The number of cyclic esters (lactones) is 2. The maximum absolute atomic E-state index is 11.7. The van der Waals surface area contributed by atoms with Crippen LogP contribution in [0.2, 0.25) is 0 Å². The molecule has 0 amide bonds. The Morgan fingerprint density at radius 1 is 0.447 bits per heavy atom. The number of rotatable bonds is 17. The first-order valence-electron chi connectivity index (χ1n) is 39.1. The number of hydrogen-bond acceptors (Lipinski definition) is 15. The number of fused-ring (bicyclic) bond motifs is 3. The molecule has 5 saturated heterocycles. The average molecular weight is 1470 g/mol. The first kappa shape index (κ1) is 77.8. The number of benzene rings is 3. The van der Waals surface area contributed by atoms with Crippen LogP contribution in [-0.4, -0.2) is 170 Å². The number of esters is 2. The number of halogens is 1. The summed E-state index contributed by atoms with van der Waals surface area (Å²) in [5, 5.41) is 22.9. The highest BCUT2D eigenvalue weighted by molar-refractivity contribution is 9.09. The van der Waals surface area contributed by atoms with E-state index in [2.05, 4.69) is 238 Å². The highest BCUT2D eigenvalue weighted by atomic mass is 79.9. The minimum Gasteiger partial charge on any atom is -0.465 e. The van der Waals surface area contributed by atoms with Crippen molar-refractivity contribution in [2.75, 3.05) is 138 Å². The van der Waals surface area contributed by atoms with Crippen molar-refractivity contribution in [2.24, 2.45) is 17.8 Å². The maximum atomic E-state index is 11.7. The summed E-state index contributed by atoms with van der Waals surface area (Å²) in [6.07, 6.45) is 12.6. The van der Waals surface area contributed by atoms with E-state index in [9.17, 15) is 14.7 Å². The molecule has 3 unspecified atom stereocenters. The molecule has 3 aromatic heterocycles. The Bertz CT molecular complexity index is 3830. The third kappa shape index (κ3) is 19.1. The van der Waals surface area contributed by atoms with Crippen LogP contribution in [0.15, 0.2) is 109 Å². The van der Waals surface area contributed by atoms with Crippen molar-refractivity contribution >= 4 is 45.3 Å². The highest BCUT2D eigenvalue weighted by Gasteiger charge is 2.40. The van der Waals surface area contributed by atoms with Crippen molar-refractivity contribution in [2.45, 2.75) is 193 Å². The Morgan fingerprint density at radius 3 is 1.14 bits per heavy atom. The number of carbonyl (C=O) groups excluding carboxylic acids is 2. The molecule has 15 nitrogen and oxygen atoms in total. The fourth-order valence-electron chi connectivity index (χ4n) is 16.8. The van der Waals surface area contributed by atoms with Gasteiger partial charge in [0.2, 0.25) is 0 Å². The number of alkyl halides is 1. The molecule has 3 N–H and O–H groups in total. The smallest absolute Gasteiger partial charge is 0.309 e. The van der Waals surface area contributed by atoms with Crippen LogP contribution in [0.3, 0.4) is 0 Å². The second kappa shape index (κ2) is 33.7. The van der Waals surface area contributed by atoms with Gasteiger partial charge in [-0.15, -0.1) is 0 Å². The van der Waals surface area contributed by atoms with Crippen molar-refractivity contribution in [3.8, 4) is 33.8 Å². The van der Waals surface area contributed by atoms with Crippen LogP contribution in [0.1, 0.15) is 194 Å². The second-order valence-electron chi connectivity index (χ2n) is 34.5. The number of aromatic nitrogens is 3. The molecular weight excluding hydrogens is 1350 g/mol. The van der Waals surface area contributed by atoms with Gasteiger partial charge in [0.15, 0.2) is 0 Å². The number of nitrogens with one attached hydrogen (secondary N) is 1. The number of ether oxygens (including phenoxy) is 2. The second-order valence-corrected chi connectivity index (χ2v) is 35.3. The summed E-state index contributed by atoms with van der Waals surface area (Å²) in [6, 6.07) is 40.3. The summed E-state index contributed by atoms with van der Waals surface area (Å²) in [6.45, 7) is 44.0. The summed E-state index contributed by atoms with van der Waals surface area (Å²) < 4.78 is 9.86. The molecule has 103 heavy (non-hydrogen) atoms. The largest absolute Gasteiger partial charge is 0.465 e. The molecule has 0 radical (unpaired) electrons. The summed E-state index contributed by atoms with van der Waals surface area (Å²) in [5.41, 5.74) is 17.2. The molecule has 5 fully saturated rings. The minimum atomic E-state index is -0.0190. The fourth-order valence-corrected chi connectivity index (χ4v) is 17.3. The number of nitrogens with zero attached hydrogens (tertiary/aromatic N) is 8. The standard InChI is InChI=1S/C29H39N3O2.C29H43N3O2.C23H31N3.C6H9BrO2/c1-28(2)12-13-29(3,4)24-20-22(8-9-23(24)28)25-6-5-7-26(30-25)32-17-15-31(16-18-32)14-10-21-11-19-34-27(21)33;1-28(2)12-13-29(3,4)25-20-23(8-9-24(25)28)26-6-5-7-27(30-26)32-17-15-31(16-18-32)14-10-22(21-34)11-19-33;1-22(2)10-11-23(3,4)19-16-17(8-9-18(19)22)20-6-5-7-21(25-20)26-14-12-24-13-15-26;7-3-1-5-2-4-9-6(5)8/h5-9,20-21H,10-19H2,1-4H3;5-9,20,22,33-34H,10-19,21H2,1-4H3;5-9,16,24H,10-15H2,1-4H3;5H,1-4H2. The van der Waals surface area contributed by atoms with E-state index >= 15 is 0 Å². The van der Waals surface area contributed by atoms with E-state index in [1.165, 1.54) is 88.6 Å². The molecule has 5 aliphatic heterocycles. The van der Waals surface area contributed by atoms with Gasteiger partial charge in [-0.2, -0.15) is 0 Å². The predicted octanol–water partition coefficient (Wildman–Crippen LogP) is 15.6. The highest BCUT2D eigenvalue weighted by Crippen LogP contribution is 2.50. The topological polar surface area (TPSA) is 160 Å². The summed E-state index contributed by atoms with van der Waals surface area (Å²) in [4.78, 5) is 49.7. The lowest BCUT2D eigenvalue weighted by Crippen LogP contribution is -2.47. The van der Waals surface area contributed by atoms with Gasteiger partial charge in [-0.1, -0.05) is 154 Å². The van der Waals surface area contributed by atoms with E-state index in [1.54, 1.807) is 0 Å². The van der Waals surface area contributed by atoms with Crippen LogP contribution in [0.25, 0.3) is 33.8 Å². The molecule has 16 heteroatoms. The van der Waals surface area contributed by atoms with Gasteiger partial charge >= 0.3 is 11.9 Å². The van der Waals surface area contributed by atoms with Crippen molar-refractivity contribution in [1.82, 2.24) is 30.1 Å². The van der Waals surface area contributed by atoms with Crippen LogP contribution in [0, 0.1) is 17.8 Å². The van der Waals surface area contributed by atoms with Gasteiger partial charge in [0.05, 0.1) is 42.1 Å². The molecule has 8 aliphatic rings. The van der Waals surface area contributed by atoms with E-state index in [4.69, 9.17) is 29.5 Å². The molecule has 558 valence electrons. The van der Waals surface area contributed by atoms with Gasteiger partial charge in [0.1, 0.15) is 17.5 Å². The summed E-state index contributed by atoms with van der Waals surface area (Å²) in [7, 11) is 0. The lowest BCUT2D eigenvalue weighted by atomic mass is 9.63. The Hall–Kier alpha value is -6.27. The number of aliphatic hydroxyl groups is 2. The van der Waals surface area contributed by atoms with E-state index in [-0.39, 0.29) is 75.4 Å². The molecule has 3 aromatic carbocycles. The average Bonchev–Trinajstić information content (AvgIpc) is 0.906. The monoisotopic (exact) mass is 1470 g/mol. The lowest BCUT2D eigenvalue weighted by molar-refractivity contribution is -0.142. The van der Waals surface area contributed by atoms with Crippen molar-refractivity contribution in [3.05, 3.63) is 143 Å². The van der Waals surface area contributed by atoms with E-state index in [1.807, 2.05) is 0 Å². The van der Waals surface area contributed by atoms with Gasteiger partial charge in [-0.3, -0.25) is 19.4 Å². The van der Waals surface area contributed by atoms with Crippen LogP contribution in [0.5, 0.6) is 0 Å². The van der Waals surface area contributed by atoms with Crippen LogP contribution >= 0.6 is 15.9 Å². The zero-order valence-electron chi connectivity index (χ0n) is 64.5. The van der Waals surface area contributed by atoms with Gasteiger partial charge in [-0.05, 0) is 217 Å². The molecule has 0 spiro atoms. The van der Waals surface area contributed by atoms with Gasteiger partial charge < -0.3 is 39.7 Å². The van der Waals surface area contributed by atoms with Crippen molar-refractivity contribution in [1.29, 1.82) is 0 Å². The molecular formula is C87H122BrN9O6. The Balaban J connectivity index is 0.000000147. The van der Waals surface area contributed by atoms with Crippen molar-refractivity contribution in [3.63, 3.8) is 0 Å². The first-order valence-corrected chi connectivity index (χ1v) is 40.2. The van der Waals surface area contributed by atoms with Crippen LogP contribution in [-0.2, 0) is 51.6 Å². The molecule has 3 atom stereocenters. The van der Waals surface area contributed by atoms with Gasteiger partial charge in [0.25, 0.3) is 0 Å². The van der Waals surface area contributed by atoms with E-state index < -0.39 is 0 Å². The molecule has 0 saturated carbocycles. The number of hydrogen-bond donors (Lipinski definition) is 3. The number of piperazine rings is 3. The minimum absolute atomic E-state index is 0.00576. The zero-order valence-corrected chi connectivity index (χ0v) is 66.1. The Labute approximate surface area is 625 Å². The van der Waals surface area contributed by atoms with Crippen LogP contribution in [0.4, 0.5) is 17.5 Å². The normalized spacial score (nSPS) is 22.5. The number of carbonyl (C=O) groups is 2. The summed E-state index contributed by atoms with van der Waals surface area (Å²) in [5.74, 6) is 3.67. The zero-order chi connectivity index (χ0) is 73.3. The predicted molar refractivity (Wildman–Crippen MR) is 425 cm³/mol. The maximum Gasteiger partial charge on any atom is 0.309 e. The van der Waals surface area contributed by atoms with E-state index in [0.29, 0.717) is 19.6 Å². The third-order valence-electron chi connectivity index (χ3n) is 24.5. The first-order chi connectivity index (χ1) is 49.2. The van der Waals surface area contributed by atoms with E-state index in [0.717, 1.165) is 164 Å². The quantitative estimate of drug-likeness (QED) is 0.0584. The number of aliphatic hydroxyl groups excluding tert-OH is 2. The Morgan fingerprint density at radius 2 is 0.796 bits per heavy atom. The van der Waals surface area contributed by atoms with Crippen molar-refractivity contribution < 1.29 is 29.3 Å². The van der Waals surface area contributed by atoms with Gasteiger partial charge in [0, 0.05) is 114 Å². The number of pyridine rings is 3. The molecule has 14 rings (SSSR count). The van der Waals surface area contributed by atoms with Crippen LogP contribution < -0.4 is 20.0 Å². The molecule has 0 bridgehead atoms. The SMILES string of the molecule is CC1(C)CCC(C)(C)c2cc(-c3cccc(N4CCN(CCC(CO)CCO)CC4)n3)ccc21.CC1(C)CCC(C)(C)c2cc(-c3cccc(N4CCN(CCC5CCOC5=O)CC4)n3)ccc21.CC1(C)CCC(C)(C)c2cc(-c3cccc(N4CCNCC4)n3)ccc21.O=C1OCCC1CCBr.